The van der Waals surface area contributed by atoms with Crippen LogP contribution in [-0.2, 0) is 20.0 Å². The van der Waals surface area contributed by atoms with E-state index < -0.39 is 5.69 Å². The molecule has 1 aliphatic rings. The van der Waals surface area contributed by atoms with Crippen molar-refractivity contribution in [2.24, 2.45) is 7.05 Å². The lowest BCUT2D eigenvalue weighted by Gasteiger charge is -2.34. The van der Waals surface area contributed by atoms with E-state index in [4.69, 9.17) is 4.98 Å². The van der Waals surface area contributed by atoms with Crippen molar-refractivity contribution in [2.75, 3.05) is 11.4 Å². The van der Waals surface area contributed by atoms with Crippen molar-refractivity contribution in [1.82, 2.24) is 19.1 Å². The highest BCUT2D eigenvalue weighted by Gasteiger charge is 2.26. The van der Waals surface area contributed by atoms with Gasteiger partial charge < -0.3 is 9.47 Å². The Labute approximate surface area is 163 Å². The predicted molar refractivity (Wildman–Crippen MR) is 111 cm³/mol. The Balaban J connectivity index is 1.75. The number of hydrogen-bond donors (Lipinski definition) is 1. The van der Waals surface area contributed by atoms with E-state index in [1.807, 2.05) is 22.8 Å². The summed E-state index contributed by atoms with van der Waals surface area (Å²) in [5.74, 6) is 0.807. The molecule has 28 heavy (non-hydrogen) atoms. The molecule has 2 aromatic heterocycles. The average molecular weight is 381 g/mol. The van der Waals surface area contributed by atoms with E-state index in [1.54, 1.807) is 7.05 Å². The Bertz CT molecular complexity index is 1080. The Morgan fingerprint density at radius 1 is 1.18 bits per heavy atom. The molecular formula is C21H27N5O2. The second-order valence-electron chi connectivity index (χ2n) is 7.68. The number of nitrogens with zero attached hydrogens (tertiary/aromatic N) is 4. The number of aryl methyl sites for hydroxylation is 3. The number of hydrogen-bond acceptors (Lipinski definition) is 4. The Hall–Kier alpha value is -2.83. The molecule has 7 nitrogen and oxygen atoms in total. The fraction of sp³-hybridized carbons (Fsp3) is 0.476. The Morgan fingerprint density at radius 2 is 1.96 bits per heavy atom. The van der Waals surface area contributed by atoms with Crippen molar-refractivity contribution in [3.05, 3.63) is 56.7 Å². The highest BCUT2D eigenvalue weighted by Crippen LogP contribution is 2.27. The van der Waals surface area contributed by atoms with E-state index in [9.17, 15) is 9.59 Å². The summed E-state index contributed by atoms with van der Waals surface area (Å²) in [4.78, 5) is 34.2. The van der Waals surface area contributed by atoms with Gasteiger partial charge in [0.05, 0.1) is 0 Å². The van der Waals surface area contributed by atoms with Crippen molar-refractivity contribution >= 4 is 17.1 Å². The molecule has 0 bridgehead atoms. The van der Waals surface area contributed by atoms with E-state index in [-0.39, 0.29) is 5.56 Å². The maximum atomic E-state index is 12.6. The molecule has 1 fully saturated rings. The number of aromatic amines is 1. The lowest BCUT2D eigenvalue weighted by molar-refractivity contribution is 0.468. The zero-order valence-electron chi connectivity index (χ0n) is 16.5. The number of anilines is 1. The third kappa shape index (κ3) is 3.37. The highest BCUT2D eigenvalue weighted by molar-refractivity contribution is 5.74. The van der Waals surface area contributed by atoms with Gasteiger partial charge in [0, 0.05) is 26.2 Å². The van der Waals surface area contributed by atoms with E-state index >= 15 is 0 Å². The molecule has 0 aliphatic carbocycles. The molecule has 1 N–H and O–H groups in total. The number of imidazole rings is 1. The fourth-order valence-corrected chi connectivity index (χ4v) is 4.14. The van der Waals surface area contributed by atoms with Gasteiger partial charge >= 0.3 is 5.69 Å². The van der Waals surface area contributed by atoms with E-state index in [0.717, 1.165) is 38.2 Å². The minimum Gasteiger partial charge on any atom is -0.339 e. The molecule has 0 unspecified atom stereocenters. The van der Waals surface area contributed by atoms with Gasteiger partial charge in [-0.25, -0.2) is 4.79 Å². The second kappa shape index (κ2) is 7.66. The lowest BCUT2D eigenvalue weighted by Crippen LogP contribution is -2.39. The number of fused-ring (bicyclic) bond motifs is 1. The highest BCUT2D eigenvalue weighted by atomic mass is 16.2. The summed E-state index contributed by atoms with van der Waals surface area (Å²) in [6, 6.07) is 10.7. The zero-order chi connectivity index (χ0) is 19.7. The first kappa shape index (κ1) is 18.5. The third-order valence-corrected chi connectivity index (χ3v) is 5.74. The maximum Gasteiger partial charge on any atom is 0.329 e. The van der Waals surface area contributed by atoms with Crippen LogP contribution in [0.1, 0.15) is 38.2 Å². The molecule has 3 aromatic rings. The van der Waals surface area contributed by atoms with Crippen molar-refractivity contribution < 1.29 is 0 Å². The van der Waals surface area contributed by atoms with Crippen molar-refractivity contribution in [3.63, 3.8) is 0 Å². The molecule has 1 aromatic carbocycles. The molecule has 7 heteroatoms. The molecule has 1 aliphatic heterocycles. The summed E-state index contributed by atoms with van der Waals surface area (Å²) in [5, 5.41) is 0. The van der Waals surface area contributed by atoms with Crippen LogP contribution in [0.25, 0.3) is 11.2 Å². The number of aromatic nitrogens is 4. The molecule has 1 saturated heterocycles. The van der Waals surface area contributed by atoms with Crippen molar-refractivity contribution in [3.8, 4) is 0 Å². The summed E-state index contributed by atoms with van der Waals surface area (Å²) in [7, 11) is 1.66. The summed E-state index contributed by atoms with van der Waals surface area (Å²) in [5.41, 5.74) is 1.44. The number of nitrogens with one attached hydrogen (secondary N) is 1. The normalized spacial score (nSPS) is 17.4. The van der Waals surface area contributed by atoms with Crippen LogP contribution in [0.15, 0.2) is 39.9 Å². The molecule has 0 spiro atoms. The number of piperidine rings is 1. The van der Waals surface area contributed by atoms with Gasteiger partial charge in [-0.3, -0.25) is 14.3 Å². The van der Waals surface area contributed by atoms with Crippen LogP contribution in [0.5, 0.6) is 0 Å². The number of rotatable bonds is 5. The standard InChI is InChI=1S/C21H27N5O2/c1-15-9-6-7-13-25(15)20-22-18-17(19(27)23-21(28)24(18)2)26(20)14-8-12-16-10-4-3-5-11-16/h3-5,10-11,15H,6-9,12-14H2,1-2H3,(H,23,27,28)/t15-/m1/s1. The van der Waals surface area contributed by atoms with E-state index in [2.05, 4.69) is 28.9 Å². The SMILES string of the molecule is C[C@@H]1CCCCN1c1nc2c(c(=O)[nH]c(=O)n2C)n1CCCc1ccccc1. The number of benzene rings is 1. The average Bonchev–Trinajstić information content (AvgIpc) is 3.07. The maximum absolute atomic E-state index is 12.6. The van der Waals surface area contributed by atoms with Gasteiger partial charge in [-0.1, -0.05) is 30.3 Å². The van der Waals surface area contributed by atoms with Crippen LogP contribution < -0.4 is 16.1 Å². The van der Waals surface area contributed by atoms with E-state index in [0.29, 0.717) is 23.8 Å². The van der Waals surface area contributed by atoms with Gasteiger partial charge in [-0.05, 0) is 44.6 Å². The summed E-state index contributed by atoms with van der Waals surface area (Å²) < 4.78 is 3.45. The molecule has 1 atom stereocenters. The summed E-state index contributed by atoms with van der Waals surface area (Å²) in [6.45, 7) is 3.82. The monoisotopic (exact) mass is 381 g/mol. The van der Waals surface area contributed by atoms with Crippen LogP contribution in [-0.4, -0.2) is 31.7 Å². The Morgan fingerprint density at radius 3 is 2.71 bits per heavy atom. The summed E-state index contributed by atoms with van der Waals surface area (Å²) in [6.07, 6.45) is 5.27. The first-order valence-corrected chi connectivity index (χ1v) is 10.1. The predicted octanol–water partition coefficient (Wildman–Crippen LogP) is 2.43. The molecule has 3 heterocycles. The van der Waals surface area contributed by atoms with Crippen molar-refractivity contribution in [2.45, 2.75) is 51.6 Å². The van der Waals surface area contributed by atoms with Gasteiger partial charge in [-0.2, -0.15) is 4.98 Å². The first-order valence-electron chi connectivity index (χ1n) is 10.1. The third-order valence-electron chi connectivity index (χ3n) is 5.74. The van der Waals surface area contributed by atoms with Crippen LogP contribution in [0.2, 0.25) is 0 Å². The van der Waals surface area contributed by atoms with Crippen LogP contribution in [0.4, 0.5) is 5.95 Å². The molecule has 4 rings (SSSR count). The Kier molecular flexibility index (Phi) is 5.07. The van der Waals surface area contributed by atoms with Crippen molar-refractivity contribution in [1.29, 1.82) is 0 Å². The van der Waals surface area contributed by atoms with Gasteiger partial charge in [0.1, 0.15) is 0 Å². The van der Waals surface area contributed by atoms with Gasteiger partial charge in [0.2, 0.25) is 5.95 Å². The first-order chi connectivity index (χ1) is 13.6. The van der Waals surface area contributed by atoms with E-state index in [1.165, 1.54) is 16.6 Å². The van der Waals surface area contributed by atoms with Gasteiger partial charge in [-0.15, -0.1) is 0 Å². The van der Waals surface area contributed by atoms with Gasteiger partial charge in [0.15, 0.2) is 11.2 Å². The summed E-state index contributed by atoms with van der Waals surface area (Å²) >= 11 is 0. The quantitative estimate of drug-likeness (QED) is 0.736. The van der Waals surface area contributed by atoms with Crippen LogP contribution >= 0.6 is 0 Å². The fourth-order valence-electron chi connectivity index (χ4n) is 4.14. The zero-order valence-corrected chi connectivity index (χ0v) is 16.5. The largest absolute Gasteiger partial charge is 0.339 e. The molecular weight excluding hydrogens is 354 g/mol. The van der Waals surface area contributed by atoms with Crippen LogP contribution in [0.3, 0.4) is 0 Å². The molecule has 0 amide bonds. The second-order valence-corrected chi connectivity index (χ2v) is 7.68. The van der Waals surface area contributed by atoms with Gasteiger partial charge in [0.25, 0.3) is 5.56 Å². The minimum atomic E-state index is -0.426. The van der Waals surface area contributed by atoms with Crippen LogP contribution in [0, 0.1) is 0 Å². The molecule has 0 radical (unpaired) electrons. The number of H-pyrrole nitrogens is 1. The molecule has 0 saturated carbocycles. The molecule has 148 valence electrons. The minimum absolute atomic E-state index is 0.360. The topological polar surface area (TPSA) is 75.9 Å². The smallest absolute Gasteiger partial charge is 0.329 e. The lowest BCUT2D eigenvalue weighted by atomic mass is 10.0.